The van der Waals surface area contributed by atoms with Gasteiger partial charge in [-0.2, -0.15) is 0 Å². The molecular weight excluding hydrogens is 218 g/mol. The normalized spacial score (nSPS) is 30.6. The third-order valence-corrected chi connectivity index (χ3v) is 3.94. The van der Waals surface area contributed by atoms with Crippen LogP contribution in [0.2, 0.25) is 0 Å². The van der Waals surface area contributed by atoms with Crippen molar-refractivity contribution in [3.8, 4) is 0 Å². The fourth-order valence-electron chi connectivity index (χ4n) is 3.00. The van der Waals surface area contributed by atoms with E-state index in [0.717, 1.165) is 25.7 Å². The van der Waals surface area contributed by atoms with Gasteiger partial charge in [0.1, 0.15) is 0 Å². The topological polar surface area (TPSA) is 57.6 Å². The molecule has 0 radical (unpaired) electrons. The molecule has 0 aromatic rings. The van der Waals surface area contributed by atoms with Crippen molar-refractivity contribution >= 4 is 11.8 Å². The van der Waals surface area contributed by atoms with E-state index >= 15 is 0 Å². The Balaban J connectivity index is 1.94. The average molecular weight is 239 g/mol. The first kappa shape index (κ1) is 12.6. The molecule has 1 aliphatic heterocycles. The molecule has 96 valence electrons. The molecule has 0 bridgehead atoms. The van der Waals surface area contributed by atoms with E-state index in [-0.39, 0.29) is 29.8 Å². The Morgan fingerprint density at radius 1 is 1.24 bits per heavy atom. The Morgan fingerprint density at radius 2 is 1.76 bits per heavy atom. The van der Waals surface area contributed by atoms with Gasteiger partial charge in [-0.1, -0.05) is 12.8 Å². The molecule has 4 heteroatoms. The Labute approximate surface area is 102 Å². The van der Waals surface area contributed by atoms with Crippen LogP contribution >= 0.6 is 0 Å². The maximum atomic E-state index is 12.1. The number of nitrogens with zero attached hydrogens (tertiary/aromatic N) is 1. The minimum absolute atomic E-state index is 0.0327. The van der Waals surface area contributed by atoms with E-state index in [1.165, 1.54) is 4.90 Å². The second-order valence-corrected chi connectivity index (χ2v) is 5.32. The van der Waals surface area contributed by atoms with Crippen LogP contribution < -0.4 is 0 Å². The van der Waals surface area contributed by atoms with Crippen LogP contribution in [0.15, 0.2) is 0 Å². The van der Waals surface area contributed by atoms with Gasteiger partial charge in [0.15, 0.2) is 0 Å². The first-order valence-corrected chi connectivity index (χ1v) is 6.64. The van der Waals surface area contributed by atoms with Gasteiger partial charge in [-0.05, 0) is 32.6 Å². The molecule has 0 spiro atoms. The van der Waals surface area contributed by atoms with Crippen LogP contribution in [0.5, 0.6) is 0 Å². The molecule has 2 amide bonds. The second-order valence-electron chi connectivity index (χ2n) is 5.32. The van der Waals surface area contributed by atoms with Crippen molar-refractivity contribution in [2.75, 3.05) is 6.54 Å². The van der Waals surface area contributed by atoms with Gasteiger partial charge in [0, 0.05) is 6.54 Å². The van der Waals surface area contributed by atoms with E-state index in [9.17, 15) is 14.7 Å². The summed E-state index contributed by atoms with van der Waals surface area (Å²) in [6, 6.07) is 0. The van der Waals surface area contributed by atoms with Gasteiger partial charge in [-0.3, -0.25) is 14.5 Å². The third kappa shape index (κ3) is 2.51. The van der Waals surface area contributed by atoms with Crippen LogP contribution in [0.1, 0.15) is 45.4 Å². The van der Waals surface area contributed by atoms with E-state index in [4.69, 9.17) is 0 Å². The van der Waals surface area contributed by atoms with Crippen molar-refractivity contribution in [1.82, 2.24) is 4.90 Å². The molecule has 0 aromatic carbocycles. The quantitative estimate of drug-likeness (QED) is 0.753. The summed E-state index contributed by atoms with van der Waals surface area (Å²) in [5, 5.41) is 9.18. The smallest absolute Gasteiger partial charge is 0.233 e. The maximum absolute atomic E-state index is 12.1. The minimum atomic E-state index is -0.356. The molecule has 1 saturated carbocycles. The summed E-state index contributed by atoms with van der Waals surface area (Å²) in [5.41, 5.74) is 0. The van der Waals surface area contributed by atoms with Crippen LogP contribution in [0.4, 0.5) is 0 Å². The number of carbonyl (C=O) groups excluding carboxylic acids is 2. The van der Waals surface area contributed by atoms with Gasteiger partial charge < -0.3 is 5.11 Å². The number of hydrogen-bond acceptors (Lipinski definition) is 3. The lowest BCUT2D eigenvalue weighted by Gasteiger charge is -2.19. The maximum Gasteiger partial charge on any atom is 0.233 e. The van der Waals surface area contributed by atoms with E-state index in [0.29, 0.717) is 19.4 Å². The minimum Gasteiger partial charge on any atom is -0.393 e. The van der Waals surface area contributed by atoms with Crippen molar-refractivity contribution in [2.24, 2.45) is 11.8 Å². The van der Waals surface area contributed by atoms with Gasteiger partial charge >= 0.3 is 0 Å². The number of carbonyl (C=O) groups is 2. The highest BCUT2D eigenvalue weighted by Gasteiger charge is 2.47. The Morgan fingerprint density at radius 3 is 2.24 bits per heavy atom. The number of fused-ring (bicyclic) bond motifs is 1. The molecule has 3 atom stereocenters. The first-order chi connectivity index (χ1) is 8.11. The van der Waals surface area contributed by atoms with Crippen LogP contribution in [-0.2, 0) is 9.59 Å². The molecule has 17 heavy (non-hydrogen) atoms. The van der Waals surface area contributed by atoms with E-state index in [1.807, 2.05) is 0 Å². The summed E-state index contributed by atoms with van der Waals surface area (Å²) in [4.78, 5) is 25.6. The lowest BCUT2D eigenvalue weighted by molar-refractivity contribution is -0.140. The highest BCUT2D eigenvalue weighted by molar-refractivity contribution is 6.05. The summed E-state index contributed by atoms with van der Waals surface area (Å²) in [5.74, 6) is -0.0128. The highest BCUT2D eigenvalue weighted by Crippen LogP contribution is 2.37. The summed E-state index contributed by atoms with van der Waals surface area (Å²) < 4.78 is 0. The zero-order valence-corrected chi connectivity index (χ0v) is 10.4. The van der Waals surface area contributed by atoms with Gasteiger partial charge in [0.05, 0.1) is 17.9 Å². The molecule has 1 aliphatic carbocycles. The van der Waals surface area contributed by atoms with Crippen molar-refractivity contribution in [2.45, 2.75) is 51.6 Å². The standard InChI is InChI=1S/C13H21NO3/c1-9(15)5-4-8-14-12(16)10-6-2-3-7-11(10)13(14)17/h9-11,15H,2-8H2,1H3. The van der Waals surface area contributed by atoms with Crippen LogP contribution in [-0.4, -0.2) is 34.5 Å². The number of aliphatic hydroxyl groups excluding tert-OH is 1. The van der Waals surface area contributed by atoms with Gasteiger partial charge in [0.25, 0.3) is 0 Å². The molecule has 1 N–H and O–H groups in total. The molecule has 1 heterocycles. The van der Waals surface area contributed by atoms with Crippen molar-refractivity contribution in [1.29, 1.82) is 0 Å². The monoisotopic (exact) mass is 239 g/mol. The van der Waals surface area contributed by atoms with E-state index < -0.39 is 0 Å². The lowest BCUT2D eigenvalue weighted by Crippen LogP contribution is -2.32. The fourth-order valence-corrected chi connectivity index (χ4v) is 3.00. The molecule has 2 fully saturated rings. The third-order valence-electron chi connectivity index (χ3n) is 3.94. The van der Waals surface area contributed by atoms with Crippen LogP contribution in [0, 0.1) is 11.8 Å². The zero-order valence-electron chi connectivity index (χ0n) is 10.4. The fraction of sp³-hybridized carbons (Fsp3) is 0.846. The molecular formula is C13H21NO3. The molecule has 2 rings (SSSR count). The number of likely N-dealkylation sites (tertiary alicyclic amines) is 1. The van der Waals surface area contributed by atoms with E-state index in [1.54, 1.807) is 6.92 Å². The van der Waals surface area contributed by atoms with Crippen molar-refractivity contribution in [3.05, 3.63) is 0 Å². The van der Waals surface area contributed by atoms with Crippen LogP contribution in [0.3, 0.4) is 0 Å². The SMILES string of the molecule is CC(O)CCCN1C(=O)C2CCCCC2C1=O. The molecule has 2 aliphatic rings. The molecule has 1 saturated heterocycles. The lowest BCUT2D eigenvalue weighted by atomic mass is 9.81. The Kier molecular flexibility index (Phi) is 3.82. The van der Waals surface area contributed by atoms with Crippen molar-refractivity contribution < 1.29 is 14.7 Å². The number of hydrogen-bond donors (Lipinski definition) is 1. The van der Waals surface area contributed by atoms with Crippen LogP contribution in [0.25, 0.3) is 0 Å². The van der Waals surface area contributed by atoms with Gasteiger partial charge in [-0.25, -0.2) is 0 Å². The first-order valence-electron chi connectivity index (χ1n) is 6.64. The van der Waals surface area contributed by atoms with E-state index in [2.05, 4.69) is 0 Å². The summed E-state index contributed by atoms with van der Waals surface area (Å²) in [6.07, 6.45) is 4.89. The largest absolute Gasteiger partial charge is 0.393 e. The summed E-state index contributed by atoms with van der Waals surface area (Å²) >= 11 is 0. The Bertz CT molecular complexity index is 290. The van der Waals surface area contributed by atoms with Gasteiger partial charge in [0.2, 0.25) is 11.8 Å². The summed E-state index contributed by atoms with van der Waals surface area (Å²) in [7, 11) is 0. The predicted octanol–water partition coefficient (Wildman–Crippen LogP) is 1.32. The predicted molar refractivity (Wildman–Crippen MR) is 63.1 cm³/mol. The number of aliphatic hydroxyl groups is 1. The molecule has 0 aromatic heterocycles. The molecule has 3 unspecified atom stereocenters. The Hall–Kier alpha value is -0.900. The van der Waals surface area contributed by atoms with Gasteiger partial charge in [-0.15, -0.1) is 0 Å². The number of amides is 2. The highest BCUT2D eigenvalue weighted by atomic mass is 16.3. The molecule has 4 nitrogen and oxygen atoms in total. The number of rotatable bonds is 4. The summed E-state index contributed by atoms with van der Waals surface area (Å²) in [6.45, 7) is 2.21. The second kappa shape index (κ2) is 5.17. The zero-order chi connectivity index (χ0) is 12.4. The van der Waals surface area contributed by atoms with Crippen molar-refractivity contribution in [3.63, 3.8) is 0 Å². The number of imide groups is 1. The average Bonchev–Trinajstić information content (AvgIpc) is 2.54.